The van der Waals surface area contributed by atoms with Gasteiger partial charge in [0.1, 0.15) is 0 Å². The lowest BCUT2D eigenvalue weighted by atomic mass is 10.1. The first-order valence-corrected chi connectivity index (χ1v) is 7.97. The molecule has 0 aliphatic rings. The van der Waals surface area contributed by atoms with Crippen molar-refractivity contribution in [2.45, 2.75) is 39.3 Å². The molecular formula is C15H24BrClN2. The van der Waals surface area contributed by atoms with E-state index in [0.717, 1.165) is 34.6 Å². The molecule has 0 saturated carbocycles. The minimum Gasteiger partial charge on any atom is -0.310 e. The summed E-state index contributed by atoms with van der Waals surface area (Å²) < 4.78 is 1.02. The Labute approximate surface area is 130 Å². The van der Waals surface area contributed by atoms with E-state index in [2.05, 4.69) is 60.0 Å². The second-order valence-corrected chi connectivity index (χ2v) is 6.59. The van der Waals surface area contributed by atoms with Crippen molar-refractivity contribution in [2.24, 2.45) is 0 Å². The predicted octanol–water partition coefficient (Wildman–Crippen LogP) is 4.48. The Morgan fingerprint density at radius 2 is 2.00 bits per heavy atom. The standard InChI is InChI=1S/C15H24BrClN2/c1-11(2)19(4)9-5-8-18-12(3)14-7-6-13(16)10-15(14)17/h6-7,10-12,18H,5,8-9H2,1-4H3. The zero-order valence-electron chi connectivity index (χ0n) is 12.2. The molecule has 0 aromatic heterocycles. The van der Waals surface area contributed by atoms with Gasteiger partial charge in [-0.05, 0) is 65.0 Å². The number of benzene rings is 1. The molecule has 0 saturated heterocycles. The van der Waals surface area contributed by atoms with Crippen molar-refractivity contribution in [3.63, 3.8) is 0 Å². The highest BCUT2D eigenvalue weighted by atomic mass is 79.9. The van der Waals surface area contributed by atoms with E-state index in [0.29, 0.717) is 6.04 Å². The van der Waals surface area contributed by atoms with Crippen LogP contribution in [-0.2, 0) is 0 Å². The van der Waals surface area contributed by atoms with Crippen LogP contribution in [0.3, 0.4) is 0 Å². The van der Waals surface area contributed by atoms with Gasteiger partial charge in [-0.1, -0.05) is 33.6 Å². The summed E-state index contributed by atoms with van der Waals surface area (Å²) in [6.45, 7) is 8.71. The quantitative estimate of drug-likeness (QED) is 0.731. The summed E-state index contributed by atoms with van der Waals surface area (Å²) in [5.74, 6) is 0. The summed E-state index contributed by atoms with van der Waals surface area (Å²) in [6.07, 6.45) is 1.15. The summed E-state index contributed by atoms with van der Waals surface area (Å²) in [5.41, 5.74) is 1.15. The lowest BCUT2D eigenvalue weighted by Gasteiger charge is -2.22. The average Bonchev–Trinajstić information content (AvgIpc) is 2.33. The first-order chi connectivity index (χ1) is 8.91. The molecule has 1 unspecified atom stereocenters. The van der Waals surface area contributed by atoms with Crippen LogP contribution in [0.25, 0.3) is 0 Å². The van der Waals surface area contributed by atoms with Gasteiger partial charge >= 0.3 is 0 Å². The summed E-state index contributed by atoms with van der Waals surface area (Å²) in [4.78, 5) is 2.36. The van der Waals surface area contributed by atoms with Crippen LogP contribution in [0.2, 0.25) is 5.02 Å². The molecule has 0 amide bonds. The van der Waals surface area contributed by atoms with Crippen LogP contribution in [-0.4, -0.2) is 31.1 Å². The van der Waals surface area contributed by atoms with Crippen molar-refractivity contribution in [1.82, 2.24) is 10.2 Å². The van der Waals surface area contributed by atoms with Gasteiger partial charge in [0.2, 0.25) is 0 Å². The first kappa shape index (κ1) is 17.0. The van der Waals surface area contributed by atoms with Gasteiger partial charge in [0.05, 0.1) is 0 Å². The van der Waals surface area contributed by atoms with E-state index in [-0.39, 0.29) is 6.04 Å². The lowest BCUT2D eigenvalue weighted by Crippen LogP contribution is -2.30. The molecule has 0 bridgehead atoms. The molecule has 1 atom stereocenters. The third kappa shape index (κ3) is 5.82. The largest absolute Gasteiger partial charge is 0.310 e. The van der Waals surface area contributed by atoms with Crippen LogP contribution in [0, 0.1) is 0 Å². The minimum absolute atomic E-state index is 0.282. The van der Waals surface area contributed by atoms with Crippen molar-refractivity contribution in [3.8, 4) is 0 Å². The van der Waals surface area contributed by atoms with Crippen molar-refractivity contribution >= 4 is 27.5 Å². The Balaban J connectivity index is 2.37. The Hall–Kier alpha value is -0.0900. The summed E-state index contributed by atoms with van der Waals surface area (Å²) in [6, 6.07) is 6.95. The number of hydrogen-bond acceptors (Lipinski definition) is 2. The Morgan fingerprint density at radius 3 is 2.58 bits per heavy atom. The number of rotatable bonds is 7. The van der Waals surface area contributed by atoms with Gasteiger partial charge in [0.25, 0.3) is 0 Å². The summed E-state index contributed by atoms with van der Waals surface area (Å²) in [5, 5.41) is 4.34. The minimum atomic E-state index is 0.282. The molecule has 0 fully saturated rings. The zero-order chi connectivity index (χ0) is 14.4. The highest BCUT2D eigenvalue weighted by molar-refractivity contribution is 9.10. The van der Waals surface area contributed by atoms with Crippen LogP contribution in [0.15, 0.2) is 22.7 Å². The molecule has 19 heavy (non-hydrogen) atoms. The van der Waals surface area contributed by atoms with Gasteiger partial charge in [0.15, 0.2) is 0 Å². The fraction of sp³-hybridized carbons (Fsp3) is 0.600. The highest BCUT2D eigenvalue weighted by Crippen LogP contribution is 2.26. The summed E-state index contributed by atoms with van der Waals surface area (Å²) >= 11 is 9.68. The maximum absolute atomic E-state index is 6.25. The molecule has 0 heterocycles. The Morgan fingerprint density at radius 1 is 1.32 bits per heavy atom. The van der Waals surface area contributed by atoms with Gasteiger partial charge in [-0.25, -0.2) is 0 Å². The van der Waals surface area contributed by atoms with Crippen molar-refractivity contribution < 1.29 is 0 Å². The molecule has 1 aromatic carbocycles. The first-order valence-electron chi connectivity index (χ1n) is 6.80. The second kappa shape index (κ2) is 8.25. The third-order valence-electron chi connectivity index (χ3n) is 3.45. The molecule has 2 nitrogen and oxygen atoms in total. The number of nitrogens with one attached hydrogen (secondary N) is 1. The number of hydrogen-bond donors (Lipinski definition) is 1. The molecule has 0 radical (unpaired) electrons. The molecular weight excluding hydrogens is 324 g/mol. The molecule has 1 aromatic rings. The smallest absolute Gasteiger partial charge is 0.0464 e. The van der Waals surface area contributed by atoms with E-state index >= 15 is 0 Å². The molecule has 0 spiro atoms. The monoisotopic (exact) mass is 346 g/mol. The van der Waals surface area contributed by atoms with Crippen molar-refractivity contribution in [3.05, 3.63) is 33.3 Å². The molecule has 0 aliphatic heterocycles. The van der Waals surface area contributed by atoms with E-state index in [9.17, 15) is 0 Å². The zero-order valence-corrected chi connectivity index (χ0v) is 14.6. The van der Waals surface area contributed by atoms with Gasteiger partial charge < -0.3 is 10.2 Å². The van der Waals surface area contributed by atoms with Gasteiger partial charge in [0, 0.05) is 21.6 Å². The van der Waals surface area contributed by atoms with Gasteiger partial charge in [-0.2, -0.15) is 0 Å². The normalized spacial score (nSPS) is 13.3. The maximum Gasteiger partial charge on any atom is 0.0464 e. The average molecular weight is 348 g/mol. The SMILES string of the molecule is CC(NCCCN(C)C(C)C)c1ccc(Br)cc1Cl. The molecule has 1 N–H and O–H groups in total. The van der Waals surface area contributed by atoms with Crippen LogP contribution in [0.1, 0.15) is 38.8 Å². The third-order valence-corrected chi connectivity index (χ3v) is 4.27. The fourth-order valence-corrected chi connectivity index (χ4v) is 2.70. The molecule has 1 rings (SSSR count). The number of nitrogens with zero attached hydrogens (tertiary/aromatic N) is 1. The van der Waals surface area contributed by atoms with Crippen LogP contribution in [0.5, 0.6) is 0 Å². The fourth-order valence-electron chi connectivity index (χ4n) is 1.87. The van der Waals surface area contributed by atoms with E-state index < -0.39 is 0 Å². The highest BCUT2D eigenvalue weighted by Gasteiger charge is 2.09. The topological polar surface area (TPSA) is 15.3 Å². The van der Waals surface area contributed by atoms with Gasteiger partial charge in [-0.15, -0.1) is 0 Å². The van der Waals surface area contributed by atoms with E-state index in [1.165, 1.54) is 0 Å². The molecule has 0 aliphatic carbocycles. The lowest BCUT2D eigenvalue weighted by molar-refractivity contribution is 0.268. The Kier molecular flexibility index (Phi) is 7.37. The predicted molar refractivity (Wildman–Crippen MR) is 88.0 cm³/mol. The van der Waals surface area contributed by atoms with E-state index in [4.69, 9.17) is 11.6 Å². The maximum atomic E-state index is 6.25. The number of halogens is 2. The molecule has 108 valence electrons. The van der Waals surface area contributed by atoms with E-state index in [1.54, 1.807) is 0 Å². The van der Waals surface area contributed by atoms with Crippen molar-refractivity contribution in [2.75, 3.05) is 20.1 Å². The van der Waals surface area contributed by atoms with Crippen LogP contribution in [0.4, 0.5) is 0 Å². The second-order valence-electron chi connectivity index (χ2n) is 5.27. The van der Waals surface area contributed by atoms with Gasteiger partial charge in [-0.3, -0.25) is 0 Å². The van der Waals surface area contributed by atoms with E-state index in [1.807, 2.05) is 12.1 Å². The molecule has 4 heteroatoms. The van der Waals surface area contributed by atoms with Crippen molar-refractivity contribution in [1.29, 1.82) is 0 Å². The Bertz CT molecular complexity index is 396. The van der Waals surface area contributed by atoms with Crippen LogP contribution >= 0.6 is 27.5 Å². The summed E-state index contributed by atoms with van der Waals surface area (Å²) in [7, 11) is 2.17. The van der Waals surface area contributed by atoms with Crippen LogP contribution < -0.4 is 5.32 Å².